The van der Waals surface area contributed by atoms with Crippen LogP contribution in [-0.4, -0.2) is 19.0 Å². The zero-order chi connectivity index (χ0) is 13.8. The molecule has 2 rings (SSSR count). The van der Waals surface area contributed by atoms with Crippen molar-refractivity contribution in [2.45, 2.75) is 25.8 Å². The molecule has 0 spiro atoms. The molecule has 1 saturated heterocycles. The Balaban J connectivity index is 1.96. The average Bonchev–Trinajstić information content (AvgIpc) is 2.81. The molecular weight excluding hydrogens is 250 g/mol. The lowest BCUT2D eigenvalue weighted by Crippen LogP contribution is -2.29. The number of hydrogen-bond donors (Lipinski definition) is 2. The van der Waals surface area contributed by atoms with Gasteiger partial charge in [-0.2, -0.15) is 0 Å². The molecule has 1 fully saturated rings. The number of nitrogens with one attached hydrogen (secondary N) is 2. The third-order valence-electron chi connectivity index (χ3n) is 3.45. The van der Waals surface area contributed by atoms with E-state index in [1.807, 2.05) is 0 Å². The molecule has 0 saturated carbocycles. The standard InChI is InChI=1S/C14H18F2N2O/c1-9(14-11(15)3-2-4-12(14)16)18-13(19)7-10-5-6-17-8-10/h2-4,9-10,17H,5-8H2,1H3,(H,18,19). The van der Waals surface area contributed by atoms with Crippen molar-refractivity contribution >= 4 is 5.91 Å². The lowest BCUT2D eigenvalue weighted by Gasteiger charge is -2.17. The molecule has 1 amide bonds. The molecular formula is C14H18F2N2O. The van der Waals surface area contributed by atoms with E-state index in [-0.39, 0.29) is 11.5 Å². The van der Waals surface area contributed by atoms with Crippen molar-refractivity contribution in [2.24, 2.45) is 5.92 Å². The number of rotatable bonds is 4. The van der Waals surface area contributed by atoms with Crippen LogP contribution in [0.15, 0.2) is 18.2 Å². The van der Waals surface area contributed by atoms with Crippen LogP contribution in [0.1, 0.15) is 31.4 Å². The third kappa shape index (κ3) is 3.50. The molecule has 3 nitrogen and oxygen atoms in total. The van der Waals surface area contributed by atoms with Gasteiger partial charge in [-0.25, -0.2) is 8.78 Å². The summed E-state index contributed by atoms with van der Waals surface area (Å²) in [5.41, 5.74) is -0.0830. The highest BCUT2D eigenvalue weighted by molar-refractivity contribution is 5.76. The van der Waals surface area contributed by atoms with E-state index in [2.05, 4.69) is 10.6 Å². The number of hydrogen-bond acceptors (Lipinski definition) is 2. The Morgan fingerprint density at radius 3 is 2.74 bits per heavy atom. The quantitative estimate of drug-likeness (QED) is 0.878. The van der Waals surface area contributed by atoms with Gasteiger partial charge in [-0.3, -0.25) is 4.79 Å². The Hall–Kier alpha value is -1.49. The smallest absolute Gasteiger partial charge is 0.220 e. The highest BCUT2D eigenvalue weighted by Gasteiger charge is 2.21. The van der Waals surface area contributed by atoms with Crippen LogP contribution >= 0.6 is 0 Å². The largest absolute Gasteiger partial charge is 0.349 e. The molecule has 1 aromatic rings. The van der Waals surface area contributed by atoms with Crippen LogP contribution in [0, 0.1) is 17.6 Å². The highest BCUT2D eigenvalue weighted by Crippen LogP contribution is 2.21. The molecule has 0 radical (unpaired) electrons. The maximum atomic E-state index is 13.6. The summed E-state index contributed by atoms with van der Waals surface area (Å²) in [5.74, 6) is -1.10. The number of benzene rings is 1. The van der Waals surface area contributed by atoms with Crippen molar-refractivity contribution in [3.8, 4) is 0 Å². The van der Waals surface area contributed by atoms with E-state index in [0.29, 0.717) is 12.3 Å². The Morgan fingerprint density at radius 1 is 1.47 bits per heavy atom. The van der Waals surface area contributed by atoms with Gasteiger partial charge in [0.1, 0.15) is 11.6 Å². The first-order valence-electron chi connectivity index (χ1n) is 6.52. The Bertz CT molecular complexity index is 439. The van der Waals surface area contributed by atoms with Crippen LogP contribution in [0.4, 0.5) is 8.78 Å². The van der Waals surface area contributed by atoms with E-state index in [1.165, 1.54) is 18.2 Å². The van der Waals surface area contributed by atoms with Crippen LogP contribution in [0.5, 0.6) is 0 Å². The fraction of sp³-hybridized carbons (Fsp3) is 0.500. The molecule has 2 unspecified atom stereocenters. The SMILES string of the molecule is CC(NC(=O)CC1CCNC1)c1c(F)cccc1F. The first kappa shape index (κ1) is 13.9. The predicted molar refractivity (Wildman–Crippen MR) is 68.5 cm³/mol. The molecule has 5 heteroatoms. The predicted octanol–water partition coefficient (Wildman–Crippen LogP) is 2.14. The molecule has 1 heterocycles. The van der Waals surface area contributed by atoms with Crippen LogP contribution in [0.25, 0.3) is 0 Å². The third-order valence-corrected chi connectivity index (χ3v) is 3.45. The van der Waals surface area contributed by atoms with Gasteiger partial charge in [-0.1, -0.05) is 6.07 Å². The lowest BCUT2D eigenvalue weighted by atomic mass is 10.0. The van der Waals surface area contributed by atoms with Crippen molar-refractivity contribution in [3.05, 3.63) is 35.4 Å². The van der Waals surface area contributed by atoms with Crippen molar-refractivity contribution in [2.75, 3.05) is 13.1 Å². The van der Waals surface area contributed by atoms with Gasteiger partial charge < -0.3 is 10.6 Å². The van der Waals surface area contributed by atoms with Crippen LogP contribution in [0.3, 0.4) is 0 Å². The van der Waals surface area contributed by atoms with Gasteiger partial charge in [0, 0.05) is 12.0 Å². The Morgan fingerprint density at radius 2 is 2.16 bits per heavy atom. The number of halogens is 2. The molecule has 1 aliphatic rings. The van der Waals surface area contributed by atoms with Gasteiger partial charge in [-0.05, 0) is 44.5 Å². The summed E-state index contributed by atoms with van der Waals surface area (Å²) in [7, 11) is 0. The molecule has 1 aliphatic heterocycles. The minimum absolute atomic E-state index is 0.0830. The first-order valence-corrected chi connectivity index (χ1v) is 6.52. The zero-order valence-electron chi connectivity index (χ0n) is 10.9. The summed E-state index contributed by atoms with van der Waals surface area (Å²) in [6, 6.07) is 3.04. The van der Waals surface area contributed by atoms with Gasteiger partial charge in [0.15, 0.2) is 0 Å². The molecule has 1 aromatic carbocycles. The van der Waals surface area contributed by atoms with Crippen LogP contribution in [-0.2, 0) is 4.79 Å². The maximum Gasteiger partial charge on any atom is 0.220 e. The lowest BCUT2D eigenvalue weighted by molar-refractivity contribution is -0.122. The molecule has 2 N–H and O–H groups in total. The van der Waals surface area contributed by atoms with E-state index in [9.17, 15) is 13.6 Å². The summed E-state index contributed by atoms with van der Waals surface area (Å²) < 4.78 is 27.1. The van der Waals surface area contributed by atoms with Gasteiger partial charge in [0.25, 0.3) is 0 Å². The summed E-state index contributed by atoms with van der Waals surface area (Å²) >= 11 is 0. The second kappa shape index (κ2) is 6.10. The maximum absolute atomic E-state index is 13.6. The van der Waals surface area contributed by atoms with Crippen molar-refractivity contribution in [1.82, 2.24) is 10.6 Å². The van der Waals surface area contributed by atoms with Crippen LogP contribution in [0.2, 0.25) is 0 Å². The van der Waals surface area contributed by atoms with Crippen molar-refractivity contribution in [1.29, 1.82) is 0 Å². The summed E-state index contributed by atoms with van der Waals surface area (Å²) in [4.78, 5) is 11.8. The summed E-state index contributed by atoms with van der Waals surface area (Å²) in [5, 5.41) is 5.84. The van der Waals surface area contributed by atoms with Gasteiger partial charge >= 0.3 is 0 Å². The first-order chi connectivity index (χ1) is 9.08. The van der Waals surface area contributed by atoms with E-state index in [4.69, 9.17) is 0 Å². The average molecular weight is 268 g/mol. The normalized spacial score (nSPS) is 20.3. The number of amides is 1. The van der Waals surface area contributed by atoms with Gasteiger partial charge in [-0.15, -0.1) is 0 Å². The molecule has 0 bridgehead atoms. The van der Waals surface area contributed by atoms with Gasteiger partial charge in [0.05, 0.1) is 6.04 Å². The van der Waals surface area contributed by atoms with E-state index in [0.717, 1.165) is 19.5 Å². The second-order valence-electron chi connectivity index (χ2n) is 4.99. The molecule has 0 aromatic heterocycles. The van der Waals surface area contributed by atoms with Crippen LogP contribution < -0.4 is 10.6 Å². The molecule has 2 atom stereocenters. The second-order valence-corrected chi connectivity index (χ2v) is 4.99. The Kier molecular flexibility index (Phi) is 4.47. The number of carbonyl (C=O) groups excluding carboxylic acids is 1. The minimum Gasteiger partial charge on any atom is -0.349 e. The summed E-state index contributed by atoms with van der Waals surface area (Å²) in [6.45, 7) is 3.34. The van der Waals surface area contributed by atoms with E-state index in [1.54, 1.807) is 6.92 Å². The fourth-order valence-corrected chi connectivity index (χ4v) is 2.45. The van der Waals surface area contributed by atoms with E-state index < -0.39 is 17.7 Å². The molecule has 19 heavy (non-hydrogen) atoms. The molecule has 0 aliphatic carbocycles. The minimum atomic E-state index is -0.664. The zero-order valence-corrected chi connectivity index (χ0v) is 10.9. The number of carbonyl (C=O) groups is 1. The van der Waals surface area contributed by atoms with Crippen molar-refractivity contribution in [3.63, 3.8) is 0 Å². The highest BCUT2D eigenvalue weighted by atomic mass is 19.1. The topological polar surface area (TPSA) is 41.1 Å². The van der Waals surface area contributed by atoms with Crippen molar-refractivity contribution < 1.29 is 13.6 Å². The fourth-order valence-electron chi connectivity index (χ4n) is 2.45. The summed E-state index contributed by atoms with van der Waals surface area (Å²) in [6.07, 6.45) is 1.36. The monoisotopic (exact) mass is 268 g/mol. The van der Waals surface area contributed by atoms with Gasteiger partial charge in [0.2, 0.25) is 5.91 Å². The molecule has 104 valence electrons. The Labute approximate surface area is 111 Å². The van der Waals surface area contributed by atoms with E-state index >= 15 is 0 Å².